The van der Waals surface area contributed by atoms with E-state index in [0.717, 1.165) is 0 Å². The second-order valence-electron chi connectivity index (χ2n) is 2.45. The third kappa shape index (κ3) is 5.00. The number of hydrogen-bond donors (Lipinski definition) is 1. The Bertz CT molecular complexity index is 187. The van der Waals surface area contributed by atoms with E-state index < -0.39 is 31.4 Å². The maximum Gasteiger partial charge on any atom is 0.378 e. The highest BCUT2D eigenvalue weighted by Crippen LogP contribution is 2.14. The lowest BCUT2D eigenvalue weighted by molar-refractivity contribution is -0.170. The standard InChI is InChI=1S/C7H11F4NO2/c1-2-14-6(13)7(10,11)4-12-3-5(8)9/h5,12H,2-4H2,1H3. The smallest absolute Gasteiger partial charge is 0.378 e. The van der Waals surface area contributed by atoms with Crippen LogP contribution in [0.4, 0.5) is 17.6 Å². The molecule has 0 aromatic carbocycles. The van der Waals surface area contributed by atoms with E-state index in [9.17, 15) is 22.4 Å². The molecule has 0 saturated heterocycles. The molecule has 14 heavy (non-hydrogen) atoms. The Morgan fingerprint density at radius 1 is 1.50 bits per heavy atom. The molecule has 0 spiro atoms. The van der Waals surface area contributed by atoms with Crippen LogP contribution in [0, 0.1) is 0 Å². The number of carbonyl (C=O) groups excluding carboxylic acids is 1. The van der Waals surface area contributed by atoms with Gasteiger partial charge in [0.25, 0.3) is 6.43 Å². The molecule has 0 fully saturated rings. The molecular formula is C7H11F4NO2. The first-order valence-electron chi connectivity index (χ1n) is 3.94. The van der Waals surface area contributed by atoms with E-state index >= 15 is 0 Å². The van der Waals surface area contributed by atoms with Crippen LogP contribution in [-0.2, 0) is 9.53 Å². The lowest BCUT2D eigenvalue weighted by Gasteiger charge is -2.14. The molecular weight excluding hydrogens is 206 g/mol. The summed E-state index contributed by atoms with van der Waals surface area (Å²) in [4.78, 5) is 10.5. The number of nitrogens with one attached hydrogen (secondary N) is 1. The van der Waals surface area contributed by atoms with Gasteiger partial charge >= 0.3 is 11.9 Å². The maximum atomic E-state index is 12.7. The fourth-order valence-electron chi connectivity index (χ4n) is 0.647. The van der Waals surface area contributed by atoms with Gasteiger partial charge in [0.15, 0.2) is 0 Å². The van der Waals surface area contributed by atoms with Crippen LogP contribution in [0.25, 0.3) is 0 Å². The predicted octanol–water partition coefficient (Wildman–Crippen LogP) is 1.04. The molecule has 0 aromatic heterocycles. The second-order valence-corrected chi connectivity index (χ2v) is 2.45. The minimum atomic E-state index is -3.76. The Morgan fingerprint density at radius 3 is 2.50 bits per heavy atom. The van der Waals surface area contributed by atoms with Crippen LogP contribution >= 0.6 is 0 Å². The van der Waals surface area contributed by atoms with Crippen molar-refractivity contribution in [1.82, 2.24) is 5.32 Å². The summed E-state index contributed by atoms with van der Waals surface area (Å²) in [5.74, 6) is -5.47. The fourth-order valence-corrected chi connectivity index (χ4v) is 0.647. The van der Waals surface area contributed by atoms with Crippen LogP contribution < -0.4 is 5.32 Å². The van der Waals surface area contributed by atoms with Gasteiger partial charge in [-0.3, -0.25) is 0 Å². The quantitative estimate of drug-likeness (QED) is 0.533. The lowest BCUT2D eigenvalue weighted by Crippen LogP contribution is -2.42. The molecule has 0 aliphatic carbocycles. The number of rotatable bonds is 6. The van der Waals surface area contributed by atoms with Crippen LogP contribution in [0.2, 0.25) is 0 Å². The monoisotopic (exact) mass is 217 g/mol. The second kappa shape index (κ2) is 5.79. The summed E-state index contributed by atoms with van der Waals surface area (Å²) in [6, 6.07) is 0. The van der Waals surface area contributed by atoms with Gasteiger partial charge < -0.3 is 10.1 Å². The van der Waals surface area contributed by atoms with E-state index in [1.807, 2.05) is 0 Å². The molecule has 0 aliphatic heterocycles. The van der Waals surface area contributed by atoms with Gasteiger partial charge in [0.05, 0.1) is 19.7 Å². The summed E-state index contributed by atoms with van der Waals surface area (Å²) < 4.78 is 52.5. The van der Waals surface area contributed by atoms with Crippen LogP contribution in [0.15, 0.2) is 0 Å². The molecule has 0 aliphatic rings. The van der Waals surface area contributed by atoms with Crippen molar-refractivity contribution in [1.29, 1.82) is 0 Å². The largest absolute Gasteiger partial charge is 0.462 e. The van der Waals surface area contributed by atoms with Gasteiger partial charge in [0.2, 0.25) is 0 Å². The highest BCUT2D eigenvalue weighted by atomic mass is 19.3. The number of ether oxygens (including phenoxy) is 1. The highest BCUT2D eigenvalue weighted by Gasteiger charge is 2.40. The number of alkyl halides is 4. The Kier molecular flexibility index (Phi) is 5.44. The maximum absolute atomic E-state index is 12.7. The third-order valence-corrected chi connectivity index (χ3v) is 1.22. The van der Waals surface area contributed by atoms with Crippen molar-refractivity contribution in [3.05, 3.63) is 0 Å². The Morgan fingerprint density at radius 2 is 2.07 bits per heavy atom. The van der Waals surface area contributed by atoms with Gasteiger partial charge in [-0.15, -0.1) is 0 Å². The zero-order valence-electron chi connectivity index (χ0n) is 7.53. The van der Waals surface area contributed by atoms with Crippen molar-refractivity contribution in [2.75, 3.05) is 19.7 Å². The Hall–Kier alpha value is -0.850. The van der Waals surface area contributed by atoms with Crippen molar-refractivity contribution in [2.45, 2.75) is 19.3 Å². The molecule has 1 N–H and O–H groups in total. The molecule has 84 valence electrons. The van der Waals surface area contributed by atoms with Gasteiger partial charge in [-0.05, 0) is 6.92 Å². The first-order valence-corrected chi connectivity index (χ1v) is 3.94. The summed E-state index contributed by atoms with van der Waals surface area (Å²) >= 11 is 0. The van der Waals surface area contributed by atoms with E-state index in [1.165, 1.54) is 6.92 Å². The Balaban J connectivity index is 3.87. The van der Waals surface area contributed by atoms with Gasteiger partial charge in [0, 0.05) is 0 Å². The molecule has 0 radical (unpaired) electrons. The van der Waals surface area contributed by atoms with Gasteiger partial charge in [0.1, 0.15) is 0 Å². The SMILES string of the molecule is CCOC(=O)C(F)(F)CNCC(F)F. The number of esters is 1. The van der Waals surface area contributed by atoms with Crippen LogP contribution in [0.3, 0.4) is 0 Å². The topological polar surface area (TPSA) is 38.3 Å². The molecule has 0 amide bonds. The van der Waals surface area contributed by atoms with Gasteiger partial charge in [-0.2, -0.15) is 8.78 Å². The average Bonchev–Trinajstić information content (AvgIpc) is 2.03. The molecule has 0 atom stereocenters. The molecule has 0 unspecified atom stereocenters. The first-order chi connectivity index (χ1) is 6.40. The fraction of sp³-hybridized carbons (Fsp3) is 0.857. The summed E-state index contributed by atoms with van der Waals surface area (Å²) in [5, 5.41) is 1.76. The molecule has 3 nitrogen and oxygen atoms in total. The zero-order chi connectivity index (χ0) is 11.2. The lowest BCUT2D eigenvalue weighted by atomic mass is 10.3. The molecule has 0 saturated carbocycles. The molecule has 0 rings (SSSR count). The Labute approximate surface area is 78.4 Å². The number of carbonyl (C=O) groups is 1. The summed E-state index contributed by atoms with van der Waals surface area (Å²) in [6.45, 7) is -0.824. The van der Waals surface area contributed by atoms with Crippen molar-refractivity contribution in [3.63, 3.8) is 0 Å². The molecule has 0 heterocycles. The number of halogens is 4. The normalized spacial score (nSPS) is 11.9. The third-order valence-electron chi connectivity index (χ3n) is 1.22. The van der Waals surface area contributed by atoms with E-state index in [0.29, 0.717) is 0 Å². The average molecular weight is 217 g/mol. The predicted molar refractivity (Wildman–Crippen MR) is 40.5 cm³/mol. The van der Waals surface area contributed by atoms with Crippen molar-refractivity contribution >= 4 is 5.97 Å². The van der Waals surface area contributed by atoms with Crippen LogP contribution in [0.5, 0.6) is 0 Å². The highest BCUT2D eigenvalue weighted by molar-refractivity contribution is 5.77. The minimum Gasteiger partial charge on any atom is -0.462 e. The summed E-state index contributed by atoms with van der Waals surface area (Å²) in [5.41, 5.74) is 0. The van der Waals surface area contributed by atoms with Crippen molar-refractivity contribution < 1.29 is 27.1 Å². The van der Waals surface area contributed by atoms with Crippen LogP contribution in [-0.4, -0.2) is 38.0 Å². The summed E-state index contributed by atoms with van der Waals surface area (Å²) in [7, 11) is 0. The molecule has 0 bridgehead atoms. The molecule has 7 heteroatoms. The van der Waals surface area contributed by atoms with Crippen LogP contribution in [0.1, 0.15) is 6.92 Å². The van der Waals surface area contributed by atoms with E-state index in [-0.39, 0.29) is 6.61 Å². The minimum absolute atomic E-state index is 0.177. The van der Waals surface area contributed by atoms with E-state index in [1.54, 1.807) is 5.32 Å². The summed E-state index contributed by atoms with van der Waals surface area (Å²) in [6.07, 6.45) is -2.73. The van der Waals surface area contributed by atoms with Gasteiger partial charge in [-0.1, -0.05) is 0 Å². The van der Waals surface area contributed by atoms with Crippen molar-refractivity contribution in [2.24, 2.45) is 0 Å². The van der Waals surface area contributed by atoms with Crippen molar-refractivity contribution in [3.8, 4) is 0 Å². The van der Waals surface area contributed by atoms with E-state index in [2.05, 4.69) is 4.74 Å². The van der Waals surface area contributed by atoms with Gasteiger partial charge in [-0.25, -0.2) is 13.6 Å². The number of hydrogen-bond acceptors (Lipinski definition) is 3. The zero-order valence-corrected chi connectivity index (χ0v) is 7.53. The first kappa shape index (κ1) is 13.2. The molecule has 0 aromatic rings. The van der Waals surface area contributed by atoms with E-state index in [4.69, 9.17) is 0 Å².